The second-order valence-corrected chi connectivity index (χ2v) is 9.13. The highest BCUT2D eigenvalue weighted by atomic mass is 16.5. The molecule has 204 valence electrons. The fraction of sp³-hybridized carbons (Fsp3) is 0.273. The molecule has 0 fully saturated rings. The van der Waals surface area contributed by atoms with Gasteiger partial charge in [-0.25, -0.2) is 0 Å². The van der Waals surface area contributed by atoms with E-state index in [9.17, 15) is 0 Å². The lowest BCUT2D eigenvalue weighted by molar-refractivity contribution is 0.366. The molecule has 0 heterocycles. The first-order valence-electron chi connectivity index (χ1n) is 12.9. The first kappa shape index (κ1) is 27.7. The van der Waals surface area contributed by atoms with Gasteiger partial charge < -0.3 is 28.4 Å². The molecule has 0 aromatic heterocycles. The van der Waals surface area contributed by atoms with Gasteiger partial charge in [-0.3, -0.25) is 0 Å². The van der Waals surface area contributed by atoms with Gasteiger partial charge in [0.2, 0.25) is 0 Å². The van der Waals surface area contributed by atoms with Crippen molar-refractivity contribution in [2.75, 3.05) is 35.5 Å². The van der Waals surface area contributed by atoms with Crippen LogP contribution < -0.4 is 28.4 Å². The minimum atomic E-state index is 0.619. The molecule has 0 aliphatic heterocycles. The summed E-state index contributed by atoms with van der Waals surface area (Å²) in [5.41, 5.74) is 4.61. The number of hydrogen-bond acceptors (Lipinski definition) is 6. The van der Waals surface area contributed by atoms with Crippen molar-refractivity contribution in [1.82, 2.24) is 0 Å². The lowest BCUT2D eigenvalue weighted by atomic mass is 10.0. The second kappa shape index (κ2) is 13.5. The molecule has 4 aromatic carbocycles. The van der Waals surface area contributed by atoms with E-state index in [1.807, 2.05) is 54.6 Å². The third kappa shape index (κ3) is 7.38. The SMILES string of the molecule is COc1cccc(CCc2cc(Oc3ccc(CCc4cc(OC)cc(OC)c4)cc3)c(OC)cc2OC)c1. The van der Waals surface area contributed by atoms with E-state index in [2.05, 4.69) is 24.3 Å². The van der Waals surface area contributed by atoms with Gasteiger partial charge in [0.15, 0.2) is 11.5 Å². The van der Waals surface area contributed by atoms with E-state index in [-0.39, 0.29) is 0 Å². The Morgan fingerprint density at radius 3 is 1.67 bits per heavy atom. The molecule has 0 aliphatic carbocycles. The molecule has 6 heteroatoms. The summed E-state index contributed by atoms with van der Waals surface area (Å²) in [6.45, 7) is 0. The number of methoxy groups -OCH3 is 5. The predicted octanol–water partition coefficient (Wildman–Crippen LogP) is 7.09. The van der Waals surface area contributed by atoms with Gasteiger partial charge in [-0.2, -0.15) is 0 Å². The fourth-order valence-electron chi connectivity index (χ4n) is 4.47. The zero-order valence-electron chi connectivity index (χ0n) is 23.3. The molecule has 4 rings (SSSR count). The van der Waals surface area contributed by atoms with Crippen molar-refractivity contribution < 1.29 is 28.4 Å². The maximum absolute atomic E-state index is 6.27. The summed E-state index contributed by atoms with van der Waals surface area (Å²) in [7, 11) is 8.32. The lowest BCUT2D eigenvalue weighted by Crippen LogP contribution is -1.99. The van der Waals surface area contributed by atoms with Crippen molar-refractivity contribution in [1.29, 1.82) is 0 Å². The lowest BCUT2D eigenvalue weighted by Gasteiger charge is -2.16. The molecular weight excluding hydrogens is 492 g/mol. The van der Waals surface area contributed by atoms with E-state index in [1.54, 1.807) is 35.5 Å². The van der Waals surface area contributed by atoms with Crippen LogP contribution in [0.3, 0.4) is 0 Å². The third-order valence-corrected chi connectivity index (χ3v) is 6.65. The topological polar surface area (TPSA) is 55.4 Å². The van der Waals surface area contributed by atoms with Crippen LogP contribution in [0.5, 0.6) is 40.2 Å². The van der Waals surface area contributed by atoms with Crippen molar-refractivity contribution in [3.05, 3.63) is 101 Å². The number of hydrogen-bond donors (Lipinski definition) is 0. The molecule has 0 amide bonds. The van der Waals surface area contributed by atoms with Gasteiger partial charge >= 0.3 is 0 Å². The average Bonchev–Trinajstić information content (AvgIpc) is 2.99. The van der Waals surface area contributed by atoms with Crippen LogP contribution in [0.1, 0.15) is 22.3 Å². The molecule has 0 bridgehead atoms. The van der Waals surface area contributed by atoms with Crippen LogP contribution in [0.4, 0.5) is 0 Å². The Morgan fingerprint density at radius 1 is 0.410 bits per heavy atom. The average molecular weight is 529 g/mol. The zero-order chi connectivity index (χ0) is 27.6. The van der Waals surface area contributed by atoms with E-state index in [0.717, 1.165) is 65.6 Å². The highest BCUT2D eigenvalue weighted by Crippen LogP contribution is 2.38. The molecule has 0 unspecified atom stereocenters. The minimum Gasteiger partial charge on any atom is -0.497 e. The summed E-state index contributed by atoms with van der Waals surface area (Å²) < 4.78 is 33.7. The van der Waals surface area contributed by atoms with E-state index in [1.165, 1.54) is 11.1 Å². The summed E-state index contributed by atoms with van der Waals surface area (Å²) in [6.07, 6.45) is 3.38. The van der Waals surface area contributed by atoms with Crippen LogP contribution in [0.15, 0.2) is 78.9 Å². The van der Waals surface area contributed by atoms with E-state index in [0.29, 0.717) is 11.5 Å². The van der Waals surface area contributed by atoms with Gasteiger partial charge in [-0.1, -0.05) is 24.3 Å². The highest BCUT2D eigenvalue weighted by Gasteiger charge is 2.14. The van der Waals surface area contributed by atoms with Crippen LogP contribution in [0.2, 0.25) is 0 Å². The Labute approximate surface area is 231 Å². The number of ether oxygens (including phenoxy) is 6. The standard InChI is InChI=1S/C33H36O6/c1-34-28-8-6-7-24(17-28)11-14-26-20-33(32(38-5)22-31(26)37-4)39-27-15-12-23(13-16-27)9-10-25-18-29(35-2)21-30(19-25)36-3/h6-8,12-13,15-22H,9-11,14H2,1-5H3. The van der Waals surface area contributed by atoms with Gasteiger partial charge in [-0.05, 0) is 90.4 Å². The van der Waals surface area contributed by atoms with Crippen molar-refractivity contribution in [2.24, 2.45) is 0 Å². The first-order chi connectivity index (χ1) is 19.0. The predicted molar refractivity (Wildman–Crippen MR) is 153 cm³/mol. The maximum atomic E-state index is 6.27. The molecule has 0 saturated carbocycles. The molecule has 0 N–H and O–H groups in total. The monoisotopic (exact) mass is 528 g/mol. The highest BCUT2D eigenvalue weighted by molar-refractivity contribution is 5.52. The van der Waals surface area contributed by atoms with Crippen molar-refractivity contribution in [3.63, 3.8) is 0 Å². The van der Waals surface area contributed by atoms with E-state index < -0.39 is 0 Å². The van der Waals surface area contributed by atoms with Crippen LogP contribution >= 0.6 is 0 Å². The largest absolute Gasteiger partial charge is 0.497 e. The Balaban J connectivity index is 1.45. The maximum Gasteiger partial charge on any atom is 0.169 e. The first-order valence-corrected chi connectivity index (χ1v) is 12.9. The number of benzene rings is 4. The zero-order valence-corrected chi connectivity index (χ0v) is 23.3. The molecule has 39 heavy (non-hydrogen) atoms. The summed E-state index contributed by atoms with van der Waals surface area (Å²) in [4.78, 5) is 0. The van der Waals surface area contributed by atoms with Gasteiger partial charge in [-0.15, -0.1) is 0 Å². The Hall–Kier alpha value is -4.32. The van der Waals surface area contributed by atoms with Gasteiger partial charge in [0, 0.05) is 12.1 Å². The van der Waals surface area contributed by atoms with Crippen molar-refractivity contribution in [3.8, 4) is 40.2 Å². The Bertz CT molecular complexity index is 1340. The second-order valence-electron chi connectivity index (χ2n) is 9.13. The molecule has 6 nitrogen and oxygen atoms in total. The van der Waals surface area contributed by atoms with E-state index in [4.69, 9.17) is 28.4 Å². The summed E-state index contributed by atoms with van der Waals surface area (Å²) in [5, 5.41) is 0. The third-order valence-electron chi connectivity index (χ3n) is 6.65. The summed E-state index contributed by atoms with van der Waals surface area (Å²) >= 11 is 0. The van der Waals surface area contributed by atoms with Crippen molar-refractivity contribution in [2.45, 2.75) is 25.7 Å². The Morgan fingerprint density at radius 2 is 1.03 bits per heavy atom. The van der Waals surface area contributed by atoms with Crippen LogP contribution in [-0.4, -0.2) is 35.5 Å². The minimum absolute atomic E-state index is 0.619. The smallest absolute Gasteiger partial charge is 0.169 e. The molecule has 0 spiro atoms. The Kier molecular flexibility index (Phi) is 9.57. The normalized spacial score (nSPS) is 10.6. The van der Waals surface area contributed by atoms with Crippen LogP contribution in [0, 0.1) is 0 Å². The van der Waals surface area contributed by atoms with Crippen LogP contribution in [0.25, 0.3) is 0 Å². The molecule has 0 aliphatic rings. The molecule has 0 atom stereocenters. The molecule has 0 radical (unpaired) electrons. The number of aryl methyl sites for hydroxylation is 4. The molecule has 0 saturated heterocycles. The molecular formula is C33H36O6. The quantitative estimate of drug-likeness (QED) is 0.185. The van der Waals surface area contributed by atoms with Gasteiger partial charge in [0.05, 0.1) is 35.5 Å². The van der Waals surface area contributed by atoms with Gasteiger partial charge in [0.25, 0.3) is 0 Å². The summed E-state index contributed by atoms with van der Waals surface area (Å²) in [6, 6.07) is 26.1. The van der Waals surface area contributed by atoms with Crippen molar-refractivity contribution >= 4 is 0 Å². The van der Waals surface area contributed by atoms with Gasteiger partial charge in [0.1, 0.15) is 28.7 Å². The fourth-order valence-corrected chi connectivity index (χ4v) is 4.47. The van der Waals surface area contributed by atoms with E-state index >= 15 is 0 Å². The number of rotatable bonds is 13. The summed E-state index contributed by atoms with van der Waals surface area (Å²) in [5.74, 6) is 5.22. The molecule has 4 aromatic rings. The van der Waals surface area contributed by atoms with Crippen LogP contribution in [-0.2, 0) is 25.7 Å².